The van der Waals surface area contributed by atoms with Crippen LogP contribution in [0.15, 0.2) is 52.2 Å². The Hall–Kier alpha value is -3.16. The van der Waals surface area contributed by atoms with Crippen molar-refractivity contribution in [3.05, 3.63) is 81.0 Å². The molecule has 0 bridgehead atoms. The molecule has 1 aromatic carbocycles. The summed E-state index contributed by atoms with van der Waals surface area (Å²) in [4.78, 5) is 29.1. The summed E-state index contributed by atoms with van der Waals surface area (Å²) in [7, 11) is 0. The van der Waals surface area contributed by atoms with Crippen molar-refractivity contribution >= 4 is 46.4 Å². The summed E-state index contributed by atoms with van der Waals surface area (Å²) in [5.74, 6) is 0.0776. The molecule has 4 rings (SSSR count). The number of benzene rings is 1. The van der Waals surface area contributed by atoms with Crippen LogP contribution in [0.1, 0.15) is 50.6 Å². The summed E-state index contributed by atoms with van der Waals surface area (Å²) in [5.41, 5.74) is 5.49. The van der Waals surface area contributed by atoms with Gasteiger partial charge in [-0.15, -0.1) is 0 Å². The van der Waals surface area contributed by atoms with Crippen LogP contribution in [0.25, 0.3) is 0 Å². The highest BCUT2D eigenvalue weighted by molar-refractivity contribution is 6.36. The molecule has 0 unspecified atom stereocenters. The van der Waals surface area contributed by atoms with Gasteiger partial charge in [0.15, 0.2) is 5.76 Å². The second-order valence-corrected chi connectivity index (χ2v) is 7.87. The highest BCUT2D eigenvalue weighted by Gasteiger charge is 2.28. The Morgan fingerprint density at radius 3 is 2.74 bits per heavy atom. The molecule has 0 radical (unpaired) electrons. The van der Waals surface area contributed by atoms with E-state index < -0.39 is 5.91 Å². The van der Waals surface area contributed by atoms with Gasteiger partial charge in [-0.05, 0) is 50.1 Å². The molecule has 0 aliphatic heterocycles. The maximum Gasteiger partial charge on any atom is 0.291 e. The van der Waals surface area contributed by atoms with Crippen molar-refractivity contribution in [2.24, 2.45) is 5.10 Å². The predicted octanol–water partition coefficient (Wildman–Crippen LogP) is 5.01. The molecule has 3 aromatic rings. The number of pyridine rings is 1. The number of aryl methyl sites for hydroxylation is 1. The highest BCUT2D eigenvalue weighted by atomic mass is 35.5. The molecule has 158 valence electrons. The molecule has 1 aliphatic carbocycles. The normalized spacial score (nSPS) is 14.2. The number of amides is 2. The van der Waals surface area contributed by atoms with E-state index in [1.54, 1.807) is 43.5 Å². The molecule has 1 aliphatic rings. The largest absolute Gasteiger partial charge is 0.455 e. The molecule has 0 fully saturated rings. The fraction of sp³-hybridized carbons (Fsp3) is 0.182. The lowest BCUT2D eigenvalue weighted by molar-refractivity contribution is 0.0953. The second kappa shape index (κ2) is 8.91. The molecule has 2 heterocycles. The minimum atomic E-state index is -0.421. The number of halogens is 2. The number of fused-ring (bicyclic) bond motifs is 1. The van der Waals surface area contributed by atoms with E-state index in [1.165, 1.54) is 6.20 Å². The SMILES string of the molecule is Cc1c(C(=O)Nc2ccc(Cl)cc2Cl)oc2c1/C(=N/NC(=O)c1cccnc1)CCC2. The Bertz CT molecular complexity index is 1190. The Kier molecular flexibility index (Phi) is 6.06. The molecule has 0 saturated heterocycles. The van der Waals surface area contributed by atoms with E-state index in [0.717, 1.165) is 12.0 Å². The molecule has 2 aromatic heterocycles. The maximum absolute atomic E-state index is 12.8. The van der Waals surface area contributed by atoms with Gasteiger partial charge in [0.25, 0.3) is 11.8 Å². The Labute approximate surface area is 188 Å². The summed E-state index contributed by atoms with van der Waals surface area (Å²) >= 11 is 12.1. The lowest BCUT2D eigenvalue weighted by Gasteiger charge is -2.13. The second-order valence-electron chi connectivity index (χ2n) is 7.03. The summed E-state index contributed by atoms with van der Waals surface area (Å²) in [5, 5.41) is 7.86. The first-order valence-corrected chi connectivity index (χ1v) is 10.4. The number of carbonyl (C=O) groups is 2. The van der Waals surface area contributed by atoms with Gasteiger partial charge in [0.05, 0.1) is 22.0 Å². The Morgan fingerprint density at radius 2 is 2.00 bits per heavy atom. The average Bonchev–Trinajstić information content (AvgIpc) is 3.12. The fourth-order valence-electron chi connectivity index (χ4n) is 3.45. The van der Waals surface area contributed by atoms with Crippen molar-refractivity contribution < 1.29 is 14.0 Å². The van der Waals surface area contributed by atoms with Crippen molar-refractivity contribution in [3.63, 3.8) is 0 Å². The number of nitrogens with one attached hydrogen (secondary N) is 2. The number of aromatic nitrogens is 1. The smallest absolute Gasteiger partial charge is 0.291 e. The standard InChI is InChI=1S/C22H18Cl2N4O3/c1-12-19-17(27-28-21(29)13-4-3-9-25-11-13)5-2-6-18(19)31-20(12)22(30)26-16-8-7-14(23)10-15(16)24/h3-4,7-11H,2,5-6H2,1H3,(H,26,30)(H,28,29)/b27-17+. The van der Waals surface area contributed by atoms with Gasteiger partial charge < -0.3 is 9.73 Å². The predicted molar refractivity (Wildman–Crippen MR) is 119 cm³/mol. The van der Waals surface area contributed by atoms with Gasteiger partial charge >= 0.3 is 0 Å². The number of carbonyl (C=O) groups excluding carboxylic acids is 2. The minimum absolute atomic E-state index is 0.184. The van der Waals surface area contributed by atoms with Crippen LogP contribution in [0.5, 0.6) is 0 Å². The third kappa shape index (κ3) is 4.47. The minimum Gasteiger partial charge on any atom is -0.455 e. The van der Waals surface area contributed by atoms with E-state index in [-0.39, 0.29) is 11.7 Å². The van der Waals surface area contributed by atoms with Gasteiger partial charge in [-0.2, -0.15) is 5.10 Å². The molecule has 2 N–H and O–H groups in total. The number of anilines is 1. The number of rotatable bonds is 4. The zero-order valence-electron chi connectivity index (χ0n) is 16.5. The van der Waals surface area contributed by atoms with Crippen LogP contribution in [0.2, 0.25) is 10.0 Å². The van der Waals surface area contributed by atoms with Crippen molar-refractivity contribution in [1.29, 1.82) is 0 Å². The quantitative estimate of drug-likeness (QED) is 0.538. The van der Waals surface area contributed by atoms with Crippen molar-refractivity contribution in [3.8, 4) is 0 Å². The molecular weight excluding hydrogens is 439 g/mol. The molecular formula is C22H18Cl2N4O3. The van der Waals surface area contributed by atoms with Crippen LogP contribution in [0, 0.1) is 6.92 Å². The van der Waals surface area contributed by atoms with Crippen molar-refractivity contribution in [1.82, 2.24) is 10.4 Å². The average molecular weight is 457 g/mol. The number of furan rings is 1. The summed E-state index contributed by atoms with van der Waals surface area (Å²) < 4.78 is 5.87. The molecule has 0 spiro atoms. The van der Waals surface area contributed by atoms with Gasteiger partial charge in [0.1, 0.15) is 5.76 Å². The van der Waals surface area contributed by atoms with Crippen LogP contribution < -0.4 is 10.7 Å². The van der Waals surface area contributed by atoms with Crippen LogP contribution in [-0.2, 0) is 6.42 Å². The zero-order chi connectivity index (χ0) is 22.0. The van der Waals surface area contributed by atoms with E-state index in [9.17, 15) is 9.59 Å². The van der Waals surface area contributed by atoms with Crippen LogP contribution in [0.3, 0.4) is 0 Å². The Balaban J connectivity index is 1.58. The van der Waals surface area contributed by atoms with E-state index >= 15 is 0 Å². The zero-order valence-corrected chi connectivity index (χ0v) is 18.0. The summed E-state index contributed by atoms with van der Waals surface area (Å²) in [6.45, 7) is 1.80. The first-order chi connectivity index (χ1) is 14.9. The third-order valence-corrected chi connectivity index (χ3v) is 5.48. The molecule has 7 nitrogen and oxygen atoms in total. The lowest BCUT2D eigenvalue weighted by atomic mass is 9.93. The van der Waals surface area contributed by atoms with E-state index in [0.29, 0.717) is 51.2 Å². The van der Waals surface area contributed by atoms with Gasteiger partial charge in [-0.25, -0.2) is 5.43 Å². The molecule has 0 saturated carbocycles. The maximum atomic E-state index is 12.8. The van der Waals surface area contributed by atoms with Gasteiger partial charge in [-0.1, -0.05) is 23.2 Å². The summed E-state index contributed by atoms with van der Waals surface area (Å²) in [6.07, 6.45) is 5.20. The highest BCUT2D eigenvalue weighted by Crippen LogP contribution is 2.31. The third-order valence-electron chi connectivity index (χ3n) is 4.93. The van der Waals surface area contributed by atoms with E-state index in [2.05, 4.69) is 20.8 Å². The van der Waals surface area contributed by atoms with E-state index in [4.69, 9.17) is 27.6 Å². The van der Waals surface area contributed by atoms with Crippen molar-refractivity contribution in [2.45, 2.75) is 26.2 Å². The monoisotopic (exact) mass is 456 g/mol. The first-order valence-electron chi connectivity index (χ1n) is 9.60. The first kappa shape index (κ1) is 21.1. The number of hydrazone groups is 1. The van der Waals surface area contributed by atoms with Gasteiger partial charge in [0, 0.05) is 35.0 Å². The molecule has 31 heavy (non-hydrogen) atoms. The van der Waals surface area contributed by atoms with Crippen LogP contribution in [-0.4, -0.2) is 22.5 Å². The number of hydrogen-bond acceptors (Lipinski definition) is 5. The number of nitrogens with zero attached hydrogens (tertiary/aromatic N) is 2. The van der Waals surface area contributed by atoms with Crippen molar-refractivity contribution in [2.75, 3.05) is 5.32 Å². The molecule has 2 amide bonds. The number of hydrogen-bond donors (Lipinski definition) is 2. The molecule has 9 heteroatoms. The topological polar surface area (TPSA) is 96.6 Å². The lowest BCUT2D eigenvalue weighted by Crippen LogP contribution is -2.22. The molecule has 0 atom stereocenters. The Morgan fingerprint density at radius 1 is 1.16 bits per heavy atom. The van der Waals surface area contributed by atoms with Crippen LogP contribution in [0.4, 0.5) is 5.69 Å². The van der Waals surface area contributed by atoms with Gasteiger partial charge in [0.2, 0.25) is 0 Å². The van der Waals surface area contributed by atoms with Crippen LogP contribution >= 0.6 is 23.2 Å². The van der Waals surface area contributed by atoms with Gasteiger partial charge in [-0.3, -0.25) is 14.6 Å². The summed E-state index contributed by atoms with van der Waals surface area (Å²) in [6, 6.07) is 8.15. The fourth-order valence-corrected chi connectivity index (χ4v) is 3.90. The van der Waals surface area contributed by atoms with E-state index in [1.807, 2.05) is 0 Å².